The van der Waals surface area contributed by atoms with Crippen molar-refractivity contribution in [2.75, 3.05) is 13.2 Å². The first-order chi connectivity index (χ1) is 12.1. The third-order valence-electron chi connectivity index (χ3n) is 3.45. The average molecular weight is 359 g/mol. The summed E-state index contributed by atoms with van der Waals surface area (Å²) in [6, 6.07) is 11.0. The zero-order valence-corrected chi connectivity index (χ0v) is 14.4. The Kier molecular flexibility index (Phi) is 5.39. The Hall–Kier alpha value is -2.74. The second-order valence-electron chi connectivity index (χ2n) is 5.39. The number of ether oxygens (including phenoxy) is 1. The van der Waals surface area contributed by atoms with Crippen LogP contribution in [0.2, 0.25) is 0 Å². The van der Waals surface area contributed by atoms with Crippen LogP contribution in [0.25, 0.3) is 0 Å². The summed E-state index contributed by atoms with van der Waals surface area (Å²) in [5.41, 5.74) is 3.37. The number of amides is 1. The lowest BCUT2D eigenvalue weighted by Crippen LogP contribution is -2.30. The second-order valence-corrected chi connectivity index (χ2v) is 6.42. The monoisotopic (exact) mass is 359 g/mol. The topological polar surface area (TPSA) is 84.1 Å². The van der Waals surface area contributed by atoms with E-state index in [0.717, 1.165) is 23.1 Å². The summed E-state index contributed by atoms with van der Waals surface area (Å²) >= 11 is 0.994. The Labute approximate surface area is 149 Å². The lowest BCUT2D eigenvalue weighted by Gasteiger charge is -2.14. The molecule has 1 aliphatic rings. The van der Waals surface area contributed by atoms with Gasteiger partial charge in [0.25, 0.3) is 5.91 Å². The maximum Gasteiger partial charge on any atom is 0.278 e. The van der Waals surface area contributed by atoms with Crippen molar-refractivity contribution >= 4 is 28.0 Å². The highest BCUT2D eigenvalue weighted by Gasteiger charge is 2.28. The summed E-state index contributed by atoms with van der Waals surface area (Å²) in [7, 11) is 0. The van der Waals surface area contributed by atoms with E-state index in [2.05, 4.69) is 10.5 Å². The Morgan fingerprint density at radius 1 is 1.36 bits per heavy atom. The minimum Gasteiger partial charge on any atom is -0.483 e. The molecule has 7 nitrogen and oxygen atoms in total. The van der Waals surface area contributed by atoms with Gasteiger partial charge in [-0.1, -0.05) is 18.2 Å². The van der Waals surface area contributed by atoms with Crippen molar-refractivity contribution in [1.29, 1.82) is 0 Å². The first-order valence-corrected chi connectivity index (χ1v) is 8.46. The maximum atomic E-state index is 11.9. The van der Waals surface area contributed by atoms with E-state index in [9.17, 15) is 9.59 Å². The molecule has 0 atom stereocenters. The van der Waals surface area contributed by atoms with Gasteiger partial charge in [0, 0.05) is 0 Å². The highest BCUT2D eigenvalue weighted by Crippen LogP contribution is 2.22. The van der Waals surface area contributed by atoms with Crippen molar-refractivity contribution in [3.05, 3.63) is 54.0 Å². The van der Waals surface area contributed by atoms with E-state index in [4.69, 9.17) is 9.15 Å². The Morgan fingerprint density at radius 3 is 2.96 bits per heavy atom. The first-order valence-electron chi connectivity index (χ1n) is 7.65. The number of hydrogen-bond donors (Lipinski definition) is 1. The van der Waals surface area contributed by atoms with Crippen molar-refractivity contribution in [2.24, 2.45) is 5.10 Å². The van der Waals surface area contributed by atoms with E-state index in [0.29, 0.717) is 17.5 Å². The van der Waals surface area contributed by atoms with E-state index in [1.165, 1.54) is 0 Å². The minimum atomic E-state index is -0.395. The quantitative estimate of drug-likeness (QED) is 0.796. The molecule has 1 aromatic carbocycles. The molecule has 1 aliphatic heterocycles. The SMILES string of the molecule is Cc1ccccc1OCC(=O)N/N=C1\SC(=O)CN1Cc1ccco1. The molecule has 1 N–H and O–H groups in total. The summed E-state index contributed by atoms with van der Waals surface area (Å²) < 4.78 is 10.7. The Balaban J connectivity index is 1.55. The summed E-state index contributed by atoms with van der Waals surface area (Å²) in [4.78, 5) is 25.3. The number of rotatable bonds is 6. The Morgan fingerprint density at radius 2 is 2.20 bits per heavy atom. The number of aryl methyl sites for hydroxylation is 1. The van der Waals surface area contributed by atoms with Gasteiger partial charge in [0.1, 0.15) is 11.5 Å². The molecule has 0 bridgehead atoms. The van der Waals surface area contributed by atoms with Crippen molar-refractivity contribution in [1.82, 2.24) is 10.3 Å². The van der Waals surface area contributed by atoms with E-state index in [1.54, 1.807) is 23.3 Å². The molecule has 25 heavy (non-hydrogen) atoms. The highest BCUT2D eigenvalue weighted by atomic mass is 32.2. The van der Waals surface area contributed by atoms with E-state index < -0.39 is 5.91 Å². The molecule has 8 heteroatoms. The van der Waals surface area contributed by atoms with Crippen LogP contribution >= 0.6 is 11.8 Å². The van der Waals surface area contributed by atoms with Gasteiger partial charge in [0.05, 0.1) is 19.4 Å². The first kappa shape index (κ1) is 17.1. The lowest BCUT2D eigenvalue weighted by atomic mass is 10.2. The fourth-order valence-corrected chi connectivity index (χ4v) is 3.01. The van der Waals surface area contributed by atoms with Crippen LogP contribution in [0.1, 0.15) is 11.3 Å². The number of furan rings is 1. The molecule has 1 fully saturated rings. The summed E-state index contributed by atoms with van der Waals surface area (Å²) in [6.07, 6.45) is 1.57. The molecule has 130 valence electrons. The van der Waals surface area contributed by atoms with Crippen molar-refractivity contribution < 1.29 is 18.7 Å². The van der Waals surface area contributed by atoms with E-state index >= 15 is 0 Å². The van der Waals surface area contributed by atoms with E-state index in [-0.39, 0.29) is 18.3 Å². The zero-order valence-electron chi connectivity index (χ0n) is 13.6. The largest absolute Gasteiger partial charge is 0.483 e. The lowest BCUT2D eigenvalue weighted by molar-refractivity contribution is -0.123. The average Bonchev–Trinajstić information content (AvgIpc) is 3.22. The van der Waals surface area contributed by atoms with Crippen molar-refractivity contribution in [3.8, 4) is 5.75 Å². The van der Waals surface area contributed by atoms with Crippen LogP contribution in [-0.2, 0) is 16.1 Å². The van der Waals surface area contributed by atoms with Crippen LogP contribution in [0.5, 0.6) is 5.75 Å². The predicted octanol–water partition coefficient (Wildman–Crippen LogP) is 2.13. The molecular weight excluding hydrogens is 342 g/mol. The van der Waals surface area contributed by atoms with Gasteiger partial charge in [-0.2, -0.15) is 0 Å². The number of amidine groups is 1. The third-order valence-corrected chi connectivity index (χ3v) is 4.34. The molecule has 0 aliphatic carbocycles. The van der Waals surface area contributed by atoms with Crippen LogP contribution in [0, 0.1) is 6.92 Å². The molecule has 3 rings (SSSR count). The maximum absolute atomic E-state index is 11.9. The molecule has 1 saturated heterocycles. The number of nitrogens with zero attached hydrogens (tertiary/aromatic N) is 2. The van der Waals surface area contributed by atoms with Gasteiger partial charge in [0.15, 0.2) is 11.8 Å². The minimum absolute atomic E-state index is 0.0317. The molecule has 0 spiro atoms. The molecular formula is C17H17N3O4S. The van der Waals surface area contributed by atoms with E-state index in [1.807, 2.05) is 31.2 Å². The van der Waals surface area contributed by atoms with Gasteiger partial charge in [-0.15, -0.1) is 5.10 Å². The number of nitrogens with one attached hydrogen (secondary N) is 1. The molecule has 2 aromatic rings. The van der Waals surface area contributed by atoms with Crippen LogP contribution in [0.4, 0.5) is 0 Å². The molecule has 2 heterocycles. The molecule has 0 saturated carbocycles. The van der Waals surface area contributed by atoms with Crippen molar-refractivity contribution in [3.63, 3.8) is 0 Å². The predicted molar refractivity (Wildman–Crippen MR) is 94.0 cm³/mol. The normalized spacial score (nSPS) is 15.6. The third kappa shape index (κ3) is 4.63. The standard InChI is InChI=1S/C17H17N3O4S/c1-12-5-2-3-7-14(12)24-11-15(21)18-19-17-20(10-16(22)25-17)9-13-6-4-8-23-13/h2-8H,9-11H2,1H3,(H,18,21)/b19-17-. The number of thioether (sulfide) groups is 1. The fourth-order valence-electron chi connectivity index (χ4n) is 2.23. The van der Waals surface area contributed by atoms with Crippen LogP contribution in [0.3, 0.4) is 0 Å². The zero-order chi connectivity index (χ0) is 17.6. The number of carbonyl (C=O) groups is 2. The fraction of sp³-hybridized carbons (Fsp3) is 0.235. The number of hydrazone groups is 1. The van der Waals surface area contributed by atoms with Crippen LogP contribution < -0.4 is 10.2 Å². The molecule has 0 radical (unpaired) electrons. The van der Waals surface area contributed by atoms with Gasteiger partial charge in [-0.25, -0.2) is 5.43 Å². The smallest absolute Gasteiger partial charge is 0.278 e. The van der Waals surface area contributed by atoms with Crippen LogP contribution in [-0.4, -0.2) is 34.2 Å². The van der Waals surface area contributed by atoms with Gasteiger partial charge in [-0.3, -0.25) is 9.59 Å². The number of hydrogen-bond acceptors (Lipinski definition) is 6. The molecule has 1 amide bonds. The van der Waals surface area contributed by atoms with Crippen molar-refractivity contribution in [2.45, 2.75) is 13.5 Å². The Bertz CT molecular complexity index is 789. The van der Waals surface area contributed by atoms with Gasteiger partial charge in [-0.05, 0) is 42.4 Å². The van der Waals surface area contributed by atoms with Crippen LogP contribution in [0.15, 0.2) is 52.2 Å². The summed E-state index contributed by atoms with van der Waals surface area (Å²) in [5.74, 6) is 0.973. The van der Waals surface area contributed by atoms with Gasteiger partial charge in [0.2, 0.25) is 5.12 Å². The van der Waals surface area contributed by atoms with Gasteiger partial charge < -0.3 is 14.1 Å². The summed E-state index contributed by atoms with van der Waals surface area (Å²) in [5, 5.41) is 4.44. The highest BCUT2D eigenvalue weighted by molar-refractivity contribution is 8.26. The number of para-hydroxylation sites is 1. The molecule has 0 unspecified atom stereocenters. The second kappa shape index (κ2) is 7.89. The molecule has 1 aromatic heterocycles. The summed E-state index contributed by atoms with van der Waals surface area (Å²) in [6.45, 7) is 2.39. The number of carbonyl (C=O) groups excluding carboxylic acids is 2. The van der Waals surface area contributed by atoms with Gasteiger partial charge >= 0.3 is 0 Å². The number of benzene rings is 1.